The highest BCUT2D eigenvalue weighted by atomic mass is 16.5. The van der Waals surface area contributed by atoms with E-state index in [1.165, 1.54) is 0 Å². The Morgan fingerprint density at radius 3 is 1.91 bits per heavy atom. The quantitative estimate of drug-likeness (QED) is 0.142. The lowest BCUT2D eigenvalue weighted by molar-refractivity contribution is -0.169. The smallest absolute Gasteiger partial charge is 0.327 e. The van der Waals surface area contributed by atoms with Crippen molar-refractivity contribution in [2.75, 3.05) is 18.6 Å². The molecule has 7 nitrogen and oxygen atoms in total. The van der Waals surface area contributed by atoms with Crippen LogP contribution >= 0.6 is 0 Å². The molecule has 238 valence electrons. The molecule has 0 saturated carbocycles. The maximum absolute atomic E-state index is 15.1. The van der Waals surface area contributed by atoms with E-state index in [0.717, 1.165) is 22.3 Å². The van der Waals surface area contributed by atoms with Crippen LogP contribution in [0.15, 0.2) is 140 Å². The first-order valence-corrected chi connectivity index (χ1v) is 15.8. The third-order valence-electron chi connectivity index (χ3n) is 8.49. The number of anilines is 1. The van der Waals surface area contributed by atoms with Gasteiger partial charge in [0.05, 0.1) is 38.6 Å². The molecule has 1 aliphatic rings. The number of hydrogen-bond donors (Lipinski definition) is 1. The van der Waals surface area contributed by atoms with Gasteiger partial charge in [-0.3, -0.25) is 14.9 Å². The fourth-order valence-electron chi connectivity index (χ4n) is 6.21. The molecule has 5 aromatic carbocycles. The largest absolute Gasteiger partial charge is 0.497 e. The lowest BCUT2D eigenvalue weighted by Crippen LogP contribution is -2.60. The monoisotopic (exact) mass is 626 g/mol. The van der Waals surface area contributed by atoms with Crippen LogP contribution in [0.2, 0.25) is 0 Å². The molecule has 1 N–H and O–H groups in total. The Hall–Kier alpha value is -5.24. The zero-order chi connectivity index (χ0) is 32.6. The number of ether oxygens (including phenoxy) is 3. The number of nitrogens with one attached hydrogen (secondary N) is 1. The molecule has 0 saturated heterocycles. The summed E-state index contributed by atoms with van der Waals surface area (Å²) in [6.45, 7) is 2.26. The summed E-state index contributed by atoms with van der Waals surface area (Å²) in [5, 5.41) is 3.60. The Morgan fingerprint density at radius 2 is 1.32 bits per heavy atom. The molecule has 0 unspecified atom stereocenters. The zero-order valence-corrected chi connectivity index (χ0v) is 26.5. The molecule has 0 fully saturated rings. The predicted molar refractivity (Wildman–Crippen MR) is 182 cm³/mol. The van der Waals surface area contributed by atoms with Gasteiger partial charge in [0.25, 0.3) is 5.91 Å². The van der Waals surface area contributed by atoms with Gasteiger partial charge in [-0.25, -0.2) is 0 Å². The van der Waals surface area contributed by atoms with E-state index in [1.54, 1.807) is 18.9 Å². The van der Waals surface area contributed by atoms with Crippen molar-refractivity contribution < 1.29 is 23.8 Å². The van der Waals surface area contributed by atoms with Crippen LogP contribution in [0.3, 0.4) is 0 Å². The van der Waals surface area contributed by atoms with Gasteiger partial charge in [-0.05, 0) is 47.4 Å². The highest BCUT2D eigenvalue weighted by Gasteiger charge is 2.60. The molecule has 1 heterocycles. The van der Waals surface area contributed by atoms with E-state index in [9.17, 15) is 4.79 Å². The van der Waals surface area contributed by atoms with Crippen LogP contribution in [-0.4, -0.2) is 31.6 Å². The Kier molecular flexibility index (Phi) is 9.76. The number of carbonyl (C=O) groups excluding carboxylic acids is 2. The van der Waals surface area contributed by atoms with Crippen LogP contribution in [-0.2, 0) is 37.8 Å². The van der Waals surface area contributed by atoms with Gasteiger partial charge in [-0.2, -0.15) is 0 Å². The number of hydrogen-bond acceptors (Lipinski definition) is 6. The number of carbonyl (C=O) groups is 2. The van der Waals surface area contributed by atoms with Crippen LogP contribution in [0.4, 0.5) is 5.69 Å². The Labute approximate surface area is 275 Å². The molecule has 1 amide bonds. The average molecular weight is 627 g/mol. The van der Waals surface area contributed by atoms with Gasteiger partial charge >= 0.3 is 5.97 Å². The normalized spacial score (nSPS) is 16.1. The van der Waals surface area contributed by atoms with Crippen molar-refractivity contribution in [1.29, 1.82) is 0 Å². The first-order valence-electron chi connectivity index (χ1n) is 15.8. The van der Waals surface area contributed by atoms with E-state index >= 15 is 4.79 Å². The predicted octanol–water partition coefficient (Wildman–Crippen LogP) is 6.97. The van der Waals surface area contributed by atoms with Gasteiger partial charge in [-0.15, -0.1) is 0 Å². The van der Waals surface area contributed by atoms with Crippen molar-refractivity contribution in [1.82, 2.24) is 5.32 Å². The number of benzene rings is 5. The maximum Gasteiger partial charge on any atom is 0.327 e. The Morgan fingerprint density at radius 1 is 0.745 bits per heavy atom. The van der Waals surface area contributed by atoms with Crippen molar-refractivity contribution in [2.45, 2.75) is 37.8 Å². The fraction of sp³-hybridized carbons (Fsp3) is 0.200. The fourth-order valence-corrected chi connectivity index (χ4v) is 6.21. The maximum atomic E-state index is 15.1. The number of methoxy groups -OCH3 is 1. The first-order chi connectivity index (χ1) is 23.0. The van der Waals surface area contributed by atoms with Gasteiger partial charge in [0.15, 0.2) is 5.60 Å². The standard InChI is InChI=1S/C40H38N2O5/c1-3-46-38(43)37(41-36(31-17-9-5-10-18-31)32-19-11-6-12-20-32)40(47-28-30-23-25-33(45-2)26-24-30)34-21-13-14-22-35(34)42(39(40)44)27-29-15-7-4-8-16-29/h4-26,36-37,41H,3,27-28H2,1-2H3/t37-,40-/m0/s1. The van der Waals surface area contributed by atoms with Crippen molar-refractivity contribution in [2.24, 2.45) is 0 Å². The van der Waals surface area contributed by atoms with Gasteiger partial charge in [0, 0.05) is 5.56 Å². The zero-order valence-electron chi connectivity index (χ0n) is 26.5. The lowest BCUT2D eigenvalue weighted by atomic mass is 9.85. The van der Waals surface area contributed by atoms with Crippen LogP contribution in [0.1, 0.15) is 40.8 Å². The molecule has 1 aliphatic heterocycles. The minimum absolute atomic E-state index is 0.0577. The summed E-state index contributed by atoms with van der Waals surface area (Å²) in [5.41, 5.74) is 3.15. The summed E-state index contributed by atoms with van der Waals surface area (Å²) < 4.78 is 18.0. The van der Waals surface area contributed by atoms with Crippen molar-refractivity contribution in [3.05, 3.63) is 167 Å². The number of esters is 1. The lowest BCUT2D eigenvalue weighted by Gasteiger charge is -2.38. The molecule has 5 aromatic rings. The Balaban J connectivity index is 1.51. The summed E-state index contributed by atoms with van der Waals surface area (Å²) in [5.74, 6) is -0.218. The van der Waals surface area contributed by atoms with E-state index < -0.39 is 23.7 Å². The third kappa shape index (κ3) is 6.54. The molecule has 0 radical (unpaired) electrons. The molecule has 0 aromatic heterocycles. The Bertz CT molecular complexity index is 1740. The first kappa shape index (κ1) is 31.7. The van der Waals surface area contributed by atoms with Gasteiger partial charge in [0.1, 0.15) is 11.8 Å². The second kappa shape index (κ2) is 14.5. The highest BCUT2D eigenvalue weighted by Crippen LogP contribution is 2.47. The molecule has 7 heteroatoms. The van der Waals surface area contributed by atoms with E-state index in [2.05, 4.69) is 5.32 Å². The minimum atomic E-state index is -1.76. The molecule has 0 bridgehead atoms. The summed E-state index contributed by atoms with van der Waals surface area (Å²) >= 11 is 0. The second-order valence-corrected chi connectivity index (χ2v) is 11.4. The summed E-state index contributed by atoms with van der Waals surface area (Å²) in [6, 6.07) is 42.9. The van der Waals surface area contributed by atoms with E-state index in [4.69, 9.17) is 14.2 Å². The number of rotatable bonds is 13. The molecule has 0 spiro atoms. The molecule has 2 atom stereocenters. The van der Waals surface area contributed by atoms with Gasteiger partial charge < -0.3 is 19.1 Å². The number of para-hydroxylation sites is 1. The van der Waals surface area contributed by atoms with Crippen LogP contribution in [0.5, 0.6) is 5.75 Å². The van der Waals surface area contributed by atoms with Crippen LogP contribution < -0.4 is 15.0 Å². The summed E-state index contributed by atoms with van der Waals surface area (Å²) in [6.07, 6.45) is 0. The van der Waals surface area contributed by atoms with Crippen molar-refractivity contribution >= 4 is 17.6 Å². The van der Waals surface area contributed by atoms with Gasteiger partial charge in [0.2, 0.25) is 0 Å². The minimum Gasteiger partial charge on any atom is -0.497 e. The highest BCUT2D eigenvalue weighted by molar-refractivity contribution is 6.10. The second-order valence-electron chi connectivity index (χ2n) is 11.4. The summed E-state index contributed by atoms with van der Waals surface area (Å²) in [4.78, 5) is 31.2. The van der Waals surface area contributed by atoms with Gasteiger partial charge in [-0.1, -0.05) is 121 Å². The van der Waals surface area contributed by atoms with E-state index in [0.29, 0.717) is 23.5 Å². The SMILES string of the molecule is CCOC(=O)[C@H](NC(c1ccccc1)c1ccccc1)[C@]1(OCc2ccc(OC)cc2)C(=O)N(Cc2ccccc2)c2ccccc21. The van der Waals surface area contributed by atoms with Crippen molar-refractivity contribution in [3.8, 4) is 5.75 Å². The molecule has 6 rings (SSSR count). The molecular formula is C40H38N2O5. The topological polar surface area (TPSA) is 77.1 Å². The number of nitrogens with zero attached hydrogens (tertiary/aromatic N) is 1. The van der Waals surface area contributed by atoms with Crippen LogP contribution in [0.25, 0.3) is 0 Å². The molecular weight excluding hydrogens is 588 g/mol. The average Bonchev–Trinajstić information content (AvgIpc) is 3.36. The van der Waals surface area contributed by atoms with Crippen molar-refractivity contribution in [3.63, 3.8) is 0 Å². The van der Waals surface area contributed by atoms with Crippen LogP contribution in [0, 0.1) is 0 Å². The number of amides is 1. The molecule has 0 aliphatic carbocycles. The summed E-state index contributed by atoms with van der Waals surface area (Å²) in [7, 11) is 1.61. The number of fused-ring (bicyclic) bond motifs is 1. The molecule has 47 heavy (non-hydrogen) atoms. The third-order valence-corrected chi connectivity index (χ3v) is 8.49. The van der Waals surface area contributed by atoms with E-state index in [1.807, 2.05) is 140 Å². The van der Waals surface area contributed by atoms with E-state index in [-0.39, 0.29) is 19.1 Å².